The number of anilines is 1. The smallest absolute Gasteiger partial charge is 0.153 e. The number of morpholine rings is 1. The molecular formula is C18H17N5O. The van der Waals surface area contributed by atoms with Gasteiger partial charge < -0.3 is 9.64 Å². The van der Waals surface area contributed by atoms with Crippen LogP contribution in [-0.2, 0) is 4.74 Å². The summed E-state index contributed by atoms with van der Waals surface area (Å²) in [5.41, 5.74) is 3.55. The highest BCUT2D eigenvalue weighted by molar-refractivity contribution is 5.47. The Labute approximate surface area is 139 Å². The molecule has 2 aromatic heterocycles. The first-order chi connectivity index (χ1) is 11.7. The number of imidazole rings is 1. The SMILES string of the molecule is Cc1cn2nc(N3CCOC(c4ccc(C#N)cc4)C3)ccc2n1. The van der Waals surface area contributed by atoms with Crippen molar-refractivity contribution in [3.05, 3.63) is 59.4 Å². The van der Waals surface area contributed by atoms with Crippen molar-refractivity contribution < 1.29 is 4.74 Å². The van der Waals surface area contributed by atoms with Gasteiger partial charge >= 0.3 is 0 Å². The monoisotopic (exact) mass is 319 g/mol. The molecule has 6 nitrogen and oxygen atoms in total. The number of benzene rings is 1. The summed E-state index contributed by atoms with van der Waals surface area (Å²) in [7, 11) is 0. The van der Waals surface area contributed by atoms with Gasteiger partial charge in [-0.3, -0.25) is 0 Å². The zero-order chi connectivity index (χ0) is 16.5. The minimum Gasteiger partial charge on any atom is -0.370 e. The highest BCUT2D eigenvalue weighted by Gasteiger charge is 2.23. The number of hydrogen-bond acceptors (Lipinski definition) is 5. The van der Waals surface area contributed by atoms with E-state index in [1.807, 2.05) is 54.0 Å². The number of aryl methyl sites for hydroxylation is 1. The number of rotatable bonds is 2. The van der Waals surface area contributed by atoms with Gasteiger partial charge in [0.1, 0.15) is 11.9 Å². The van der Waals surface area contributed by atoms with E-state index in [0.717, 1.165) is 35.8 Å². The average molecular weight is 319 g/mol. The third-order valence-electron chi connectivity index (χ3n) is 4.23. The quantitative estimate of drug-likeness (QED) is 0.726. The van der Waals surface area contributed by atoms with Crippen molar-refractivity contribution in [2.45, 2.75) is 13.0 Å². The van der Waals surface area contributed by atoms with E-state index in [1.165, 1.54) is 0 Å². The molecule has 1 aliphatic rings. The molecule has 1 unspecified atom stereocenters. The molecular weight excluding hydrogens is 302 g/mol. The molecule has 1 saturated heterocycles. The molecule has 120 valence electrons. The van der Waals surface area contributed by atoms with Crippen molar-refractivity contribution >= 4 is 11.5 Å². The van der Waals surface area contributed by atoms with Crippen LogP contribution in [0.15, 0.2) is 42.6 Å². The molecule has 0 saturated carbocycles. The van der Waals surface area contributed by atoms with Crippen molar-refractivity contribution in [2.24, 2.45) is 0 Å². The van der Waals surface area contributed by atoms with Gasteiger partial charge in [-0.2, -0.15) is 5.26 Å². The van der Waals surface area contributed by atoms with Crippen LogP contribution in [0.3, 0.4) is 0 Å². The Bertz CT molecular complexity index is 909. The van der Waals surface area contributed by atoms with Gasteiger partial charge in [-0.1, -0.05) is 12.1 Å². The van der Waals surface area contributed by atoms with Crippen molar-refractivity contribution in [1.82, 2.24) is 14.6 Å². The van der Waals surface area contributed by atoms with Gasteiger partial charge in [-0.15, -0.1) is 5.10 Å². The zero-order valence-corrected chi connectivity index (χ0v) is 13.4. The lowest BCUT2D eigenvalue weighted by Gasteiger charge is -2.33. The van der Waals surface area contributed by atoms with Gasteiger partial charge in [0.15, 0.2) is 5.65 Å². The number of nitriles is 1. The summed E-state index contributed by atoms with van der Waals surface area (Å²) in [5, 5.41) is 13.6. The fourth-order valence-electron chi connectivity index (χ4n) is 2.99. The molecule has 0 radical (unpaired) electrons. The first-order valence-corrected chi connectivity index (χ1v) is 7.92. The maximum Gasteiger partial charge on any atom is 0.153 e. The highest BCUT2D eigenvalue weighted by atomic mass is 16.5. The van der Waals surface area contributed by atoms with Crippen LogP contribution in [0.1, 0.15) is 22.9 Å². The summed E-state index contributed by atoms with van der Waals surface area (Å²) in [4.78, 5) is 6.63. The van der Waals surface area contributed by atoms with E-state index in [9.17, 15) is 0 Å². The molecule has 1 aromatic carbocycles. The number of fused-ring (bicyclic) bond motifs is 1. The Morgan fingerprint density at radius 2 is 2.04 bits per heavy atom. The zero-order valence-electron chi connectivity index (χ0n) is 13.4. The van der Waals surface area contributed by atoms with Crippen molar-refractivity contribution in [2.75, 3.05) is 24.6 Å². The first kappa shape index (κ1) is 14.7. The minimum absolute atomic E-state index is 0.0199. The number of hydrogen-bond donors (Lipinski definition) is 0. The molecule has 3 heterocycles. The summed E-state index contributed by atoms with van der Waals surface area (Å²) in [6, 6.07) is 13.7. The maximum atomic E-state index is 8.91. The second kappa shape index (κ2) is 5.95. The van der Waals surface area contributed by atoms with E-state index in [4.69, 9.17) is 10.00 Å². The molecule has 0 spiro atoms. The predicted molar refractivity (Wildman–Crippen MR) is 89.8 cm³/mol. The fraction of sp³-hybridized carbons (Fsp3) is 0.278. The molecule has 0 aliphatic carbocycles. The third kappa shape index (κ3) is 2.70. The Morgan fingerprint density at radius 3 is 2.83 bits per heavy atom. The second-order valence-electron chi connectivity index (χ2n) is 5.92. The van der Waals surface area contributed by atoms with E-state index >= 15 is 0 Å². The van der Waals surface area contributed by atoms with Crippen LogP contribution < -0.4 is 4.90 Å². The fourth-order valence-corrected chi connectivity index (χ4v) is 2.99. The Morgan fingerprint density at radius 1 is 1.21 bits per heavy atom. The van der Waals surface area contributed by atoms with E-state index < -0.39 is 0 Å². The lowest BCUT2D eigenvalue weighted by atomic mass is 10.1. The lowest BCUT2D eigenvalue weighted by Crippen LogP contribution is -2.39. The summed E-state index contributed by atoms with van der Waals surface area (Å²) >= 11 is 0. The van der Waals surface area contributed by atoms with Gasteiger partial charge in [0.25, 0.3) is 0 Å². The number of aromatic nitrogens is 3. The van der Waals surface area contributed by atoms with Crippen LogP contribution in [0, 0.1) is 18.3 Å². The van der Waals surface area contributed by atoms with Crippen LogP contribution in [0.4, 0.5) is 5.82 Å². The molecule has 0 amide bonds. The Kier molecular flexibility index (Phi) is 3.63. The summed E-state index contributed by atoms with van der Waals surface area (Å²) in [6.07, 6.45) is 1.91. The lowest BCUT2D eigenvalue weighted by molar-refractivity contribution is 0.0394. The highest BCUT2D eigenvalue weighted by Crippen LogP contribution is 2.25. The summed E-state index contributed by atoms with van der Waals surface area (Å²) < 4.78 is 7.73. The van der Waals surface area contributed by atoms with E-state index in [1.54, 1.807) is 0 Å². The van der Waals surface area contributed by atoms with Gasteiger partial charge in [0, 0.05) is 13.1 Å². The predicted octanol–water partition coefficient (Wildman–Crippen LogP) is 2.49. The van der Waals surface area contributed by atoms with Gasteiger partial charge in [-0.25, -0.2) is 9.50 Å². The van der Waals surface area contributed by atoms with Crippen molar-refractivity contribution in [3.8, 4) is 6.07 Å². The molecule has 3 aromatic rings. The molecule has 4 rings (SSSR count). The third-order valence-corrected chi connectivity index (χ3v) is 4.23. The summed E-state index contributed by atoms with van der Waals surface area (Å²) in [6.45, 7) is 4.15. The van der Waals surface area contributed by atoms with Crippen LogP contribution in [-0.4, -0.2) is 34.3 Å². The standard InChI is InChI=1S/C18H17N5O/c1-13-11-23-17(20-13)6-7-18(21-23)22-8-9-24-16(12-22)15-4-2-14(10-19)3-5-15/h2-7,11,16H,8-9,12H2,1H3. The van der Waals surface area contributed by atoms with Crippen molar-refractivity contribution in [1.29, 1.82) is 5.26 Å². The van der Waals surface area contributed by atoms with Crippen LogP contribution in [0.5, 0.6) is 0 Å². The largest absolute Gasteiger partial charge is 0.370 e. The van der Waals surface area contributed by atoms with Gasteiger partial charge in [-0.05, 0) is 36.8 Å². The van der Waals surface area contributed by atoms with Crippen molar-refractivity contribution in [3.63, 3.8) is 0 Å². The second-order valence-corrected chi connectivity index (χ2v) is 5.92. The molecule has 0 bridgehead atoms. The van der Waals surface area contributed by atoms with Gasteiger partial charge in [0.05, 0.1) is 30.1 Å². The minimum atomic E-state index is -0.0199. The van der Waals surface area contributed by atoms with Crippen LogP contribution >= 0.6 is 0 Å². The first-order valence-electron chi connectivity index (χ1n) is 7.92. The topological polar surface area (TPSA) is 66.5 Å². The summed E-state index contributed by atoms with van der Waals surface area (Å²) in [5.74, 6) is 0.918. The molecule has 6 heteroatoms. The van der Waals surface area contributed by atoms with E-state index in [-0.39, 0.29) is 6.10 Å². The van der Waals surface area contributed by atoms with Crippen LogP contribution in [0.25, 0.3) is 5.65 Å². The normalized spacial score (nSPS) is 17.8. The molecule has 24 heavy (non-hydrogen) atoms. The molecule has 0 N–H and O–H groups in total. The van der Waals surface area contributed by atoms with Crippen LogP contribution in [0.2, 0.25) is 0 Å². The Hall–Kier alpha value is -2.91. The molecule has 1 aliphatic heterocycles. The van der Waals surface area contributed by atoms with E-state index in [2.05, 4.69) is 21.1 Å². The average Bonchev–Trinajstić information content (AvgIpc) is 3.01. The van der Waals surface area contributed by atoms with Gasteiger partial charge in [0.2, 0.25) is 0 Å². The maximum absolute atomic E-state index is 8.91. The number of ether oxygens (including phenoxy) is 1. The number of nitrogens with zero attached hydrogens (tertiary/aromatic N) is 5. The van der Waals surface area contributed by atoms with E-state index in [0.29, 0.717) is 12.2 Å². The Balaban J connectivity index is 1.57. The molecule has 1 atom stereocenters. The molecule has 1 fully saturated rings.